The lowest BCUT2D eigenvalue weighted by Gasteiger charge is -2.11. The van der Waals surface area contributed by atoms with Crippen LogP contribution in [-0.2, 0) is 13.1 Å². The molecule has 7 nitrogen and oxygen atoms in total. The van der Waals surface area contributed by atoms with E-state index in [2.05, 4.69) is 25.0 Å². The standard InChI is InChI=1S/C18H22N6O/c1-4-24-14(3)16(12-22-24)18(25)20-8-9-23-13(2)10-21-17(23)15-6-5-7-19-11-15/h5-7,10-12H,4,8-9H2,1-3H3,(H,20,25). The molecule has 0 unspecified atom stereocenters. The molecule has 3 aromatic heterocycles. The average Bonchev–Trinajstić information content (AvgIpc) is 3.18. The first-order chi connectivity index (χ1) is 12.1. The Bertz CT molecular complexity index is 865. The maximum atomic E-state index is 12.4. The molecule has 0 aliphatic heterocycles. The number of carbonyl (C=O) groups is 1. The number of aromatic nitrogens is 5. The van der Waals surface area contributed by atoms with Gasteiger partial charge in [-0.25, -0.2) is 4.98 Å². The molecule has 3 rings (SSSR count). The summed E-state index contributed by atoms with van der Waals surface area (Å²) in [6.45, 7) is 7.82. The van der Waals surface area contributed by atoms with E-state index in [1.807, 2.05) is 43.8 Å². The summed E-state index contributed by atoms with van der Waals surface area (Å²) in [6, 6.07) is 3.87. The second-order valence-electron chi connectivity index (χ2n) is 5.83. The lowest BCUT2D eigenvalue weighted by atomic mass is 10.2. The lowest BCUT2D eigenvalue weighted by molar-refractivity contribution is 0.0951. The van der Waals surface area contributed by atoms with Crippen molar-refractivity contribution in [3.8, 4) is 11.4 Å². The number of nitrogens with zero attached hydrogens (tertiary/aromatic N) is 5. The molecule has 3 heterocycles. The predicted octanol–water partition coefficient (Wildman–Crippen LogP) is 2.21. The van der Waals surface area contributed by atoms with Crippen molar-refractivity contribution in [2.45, 2.75) is 33.9 Å². The normalized spacial score (nSPS) is 10.8. The summed E-state index contributed by atoms with van der Waals surface area (Å²) in [4.78, 5) is 21.0. The van der Waals surface area contributed by atoms with E-state index in [-0.39, 0.29) is 5.91 Å². The van der Waals surface area contributed by atoms with Gasteiger partial charge in [0.25, 0.3) is 5.91 Å². The molecule has 0 saturated heterocycles. The smallest absolute Gasteiger partial charge is 0.254 e. The molecule has 3 aromatic rings. The SMILES string of the molecule is CCn1ncc(C(=O)NCCn2c(C)cnc2-c2cccnc2)c1C. The third kappa shape index (κ3) is 3.45. The third-order valence-electron chi connectivity index (χ3n) is 4.24. The largest absolute Gasteiger partial charge is 0.350 e. The molecule has 0 aliphatic carbocycles. The number of pyridine rings is 1. The molecule has 0 atom stereocenters. The first kappa shape index (κ1) is 16.9. The number of hydrogen-bond donors (Lipinski definition) is 1. The van der Waals surface area contributed by atoms with Crippen molar-refractivity contribution in [1.29, 1.82) is 0 Å². The molecule has 25 heavy (non-hydrogen) atoms. The van der Waals surface area contributed by atoms with Gasteiger partial charge < -0.3 is 9.88 Å². The van der Waals surface area contributed by atoms with Gasteiger partial charge in [0.15, 0.2) is 0 Å². The summed E-state index contributed by atoms with van der Waals surface area (Å²) >= 11 is 0. The van der Waals surface area contributed by atoms with Crippen LogP contribution in [0.4, 0.5) is 0 Å². The van der Waals surface area contributed by atoms with Crippen LogP contribution < -0.4 is 5.32 Å². The highest BCUT2D eigenvalue weighted by Crippen LogP contribution is 2.18. The number of imidazole rings is 1. The average molecular weight is 338 g/mol. The number of hydrogen-bond acceptors (Lipinski definition) is 4. The number of amides is 1. The molecule has 1 N–H and O–H groups in total. The summed E-state index contributed by atoms with van der Waals surface area (Å²) < 4.78 is 3.90. The van der Waals surface area contributed by atoms with Crippen LogP contribution in [0.25, 0.3) is 11.4 Å². The van der Waals surface area contributed by atoms with Crippen LogP contribution in [0.3, 0.4) is 0 Å². The molecule has 0 spiro atoms. The third-order valence-corrected chi connectivity index (χ3v) is 4.24. The highest BCUT2D eigenvalue weighted by Gasteiger charge is 2.14. The Hall–Kier alpha value is -2.96. The van der Waals surface area contributed by atoms with Crippen molar-refractivity contribution in [3.63, 3.8) is 0 Å². The summed E-state index contributed by atoms with van der Waals surface area (Å²) in [5.74, 6) is 0.757. The predicted molar refractivity (Wildman–Crippen MR) is 95.2 cm³/mol. The van der Waals surface area contributed by atoms with Gasteiger partial charge in [0, 0.05) is 55.2 Å². The van der Waals surface area contributed by atoms with E-state index in [1.165, 1.54) is 0 Å². The zero-order valence-electron chi connectivity index (χ0n) is 14.7. The van der Waals surface area contributed by atoms with Crippen molar-refractivity contribution < 1.29 is 4.79 Å². The number of nitrogens with one attached hydrogen (secondary N) is 1. The molecular formula is C18H22N6O. The second kappa shape index (κ2) is 7.29. The van der Waals surface area contributed by atoms with Gasteiger partial charge in [-0.05, 0) is 32.9 Å². The second-order valence-corrected chi connectivity index (χ2v) is 5.83. The zero-order chi connectivity index (χ0) is 17.8. The Kier molecular flexibility index (Phi) is 4.92. The highest BCUT2D eigenvalue weighted by atomic mass is 16.1. The minimum Gasteiger partial charge on any atom is -0.350 e. The van der Waals surface area contributed by atoms with E-state index in [9.17, 15) is 4.79 Å². The van der Waals surface area contributed by atoms with Crippen molar-refractivity contribution in [1.82, 2.24) is 29.6 Å². The Morgan fingerprint density at radius 3 is 2.76 bits per heavy atom. The van der Waals surface area contributed by atoms with Crippen LogP contribution in [0.1, 0.15) is 28.7 Å². The van der Waals surface area contributed by atoms with E-state index in [0.29, 0.717) is 18.7 Å². The first-order valence-electron chi connectivity index (χ1n) is 8.35. The van der Waals surface area contributed by atoms with Crippen molar-refractivity contribution in [2.75, 3.05) is 6.54 Å². The molecule has 1 amide bonds. The monoisotopic (exact) mass is 338 g/mol. The minimum atomic E-state index is -0.0992. The van der Waals surface area contributed by atoms with Crippen LogP contribution in [0.2, 0.25) is 0 Å². The van der Waals surface area contributed by atoms with Crippen LogP contribution in [0.5, 0.6) is 0 Å². The number of aryl methyl sites for hydroxylation is 2. The molecule has 0 aliphatic rings. The van der Waals surface area contributed by atoms with Gasteiger partial charge in [0.05, 0.1) is 11.8 Å². The fourth-order valence-electron chi connectivity index (χ4n) is 2.83. The van der Waals surface area contributed by atoms with Gasteiger partial charge >= 0.3 is 0 Å². The molecule has 0 fully saturated rings. The quantitative estimate of drug-likeness (QED) is 0.747. The van der Waals surface area contributed by atoms with E-state index in [0.717, 1.165) is 29.3 Å². The molecule has 0 bridgehead atoms. The van der Waals surface area contributed by atoms with Crippen LogP contribution in [0, 0.1) is 13.8 Å². The number of rotatable bonds is 6. The van der Waals surface area contributed by atoms with Crippen molar-refractivity contribution in [3.05, 3.63) is 53.9 Å². The van der Waals surface area contributed by atoms with Gasteiger partial charge in [-0.2, -0.15) is 5.10 Å². The molecule has 7 heteroatoms. The number of carbonyl (C=O) groups excluding carboxylic acids is 1. The van der Waals surface area contributed by atoms with Gasteiger partial charge in [0.1, 0.15) is 5.82 Å². The van der Waals surface area contributed by atoms with Crippen LogP contribution >= 0.6 is 0 Å². The van der Waals surface area contributed by atoms with E-state index < -0.39 is 0 Å². The fourth-order valence-corrected chi connectivity index (χ4v) is 2.83. The van der Waals surface area contributed by atoms with Gasteiger partial charge in [-0.3, -0.25) is 14.5 Å². The van der Waals surface area contributed by atoms with Crippen LogP contribution in [0.15, 0.2) is 36.9 Å². The van der Waals surface area contributed by atoms with Crippen molar-refractivity contribution >= 4 is 5.91 Å². The fraction of sp³-hybridized carbons (Fsp3) is 0.333. The first-order valence-corrected chi connectivity index (χ1v) is 8.35. The molecule has 130 valence electrons. The Labute approximate surface area is 146 Å². The maximum absolute atomic E-state index is 12.4. The Morgan fingerprint density at radius 1 is 1.24 bits per heavy atom. The summed E-state index contributed by atoms with van der Waals surface area (Å²) in [5.41, 5.74) is 3.51. The zero-order valence-corrected chi connectivity index (χ0v) is 14.7. The molecule has 0 radical (unpaired) electrons. The lowest BCUT2D eigenvalue weighted by Crippen LogP contribution is -2.28. The van der Waals surface area contributed by atoms with E-state index >= 15 is 0 Å². The summed E-state index contributed by atoms with van der Waals surface area (Å²) in [6.07, 6.45) is 6.99. The molecular weight excluding hydrogens is 316 g/mol. The molecule has 0 aromatic carbocycles. The van der Waals surface area contributed by atoms with Gasteiger partial charge in [-0.1, -0.05) is 0 Å². The maximum Gasteiger partial charge on any atom is 0.254 e. The van der Waals surface area contributed by atoms with Gasteiger partial charge in [-0.15, -0.1) is 0 Å². The highest BCUT2D eigenvalue weighted by molar-refractivity contribution is 5.95. The van der Waals surface area contributed by atoms with E-state index in [4.69, 9.17) is 0 Å². The summed E-state index contributed by atoms with van der Waals surface area (Å²) in [5, 5.41) is 7.18. The topological polar surface area (TPSA) is 77.6 Å². The van der Waals surface area contributed by atoms with Gasteiger partial charge in [0.2, 0.25) is 0 Å². The Balaban J connectivity index is 1.67. The molecule has 0 saturated carbocycles. The minimum absolute atomic E-state index is 0.0992. The van der Waals surface area contributed by atoms with Crippen LogP contribution in [-0.4, -0.2) is 36.8 Å². The summed E-state index contributed by atoms with van der Waals surface area (Å²) in [7, 11) is 0. The van der Waals surface area contributed by atoms with Crippen molar-refractivity contribution in [2.24, 2.45) is 0 Å². The van der Waals surface area contributed by atoms with E-state index in [1.54, 1.807) is 18.6 Å². The Morgan fingerprint density at radius 2 is 2.08 bits per heavy atom.